The molecule has 2 unspecified atom stereocenters. The minimum Gasteiger partial charge on any atom is -0.306 e. The molecule has 2 fully saturated rings. The summed E-state index contributed by atoms with van der Waals surface area (Å²) in [6, 6.07) is 6.34. The standard InChI is InChI=1S/C24H33N3O3S/c1-25(14-5-6-15-27-22(28)18-9-7-10-19(18)23(27)29)13-4-3-8-17-11-12-20-21(16-17)31-24(30)26(20)2/h11-12,16,18-19H,3-10,13-15H2,1-2H3. The van der Waals surface area contributed by atoms with Crippen molar-refractivity contribution in [2.45, 2.75) is 51.4 Å². The summed E-state index contributed by atoms with van der Waals surface area (Å²) in [5.74, 6) is 0.144. The van der Waals surface area contributed by atoms with Gasteiger partial charge in [-0.15, -0.1) is 0 Å². The summed E-state index contributed by atoms with van der Waals surface area (Å²) in [6.45, 7) is 2.63. The van der Waals surface area contributed by atoms with Crippen LogP contribution in [0.4, 0.5) is 0 Å². The Balaban J connectivity index is 1.11. The molecule has 2 heterocycles. The van der Waals surface area contributed by atoms with Gasteiger partial charge in [0.25, 0.3) is 0 Å². The largest absolute Gasteiger partial charge is 0.307 e. The molecule has 0 radical (unpaired) electrons. The van der Waals surface area contributed by atoms with Crippen LogP contribution in [0.2, 0.25) is 0 Å². The molecule has 1 aromatic carbocycles. The van der Waals surface area contributed by atoms with E-state index in [1.165, 1.54) is 21.8 Å². The lowest BCUT2D eigenvalue weighted by Gasteiger charge is -2.19. The number of carbonyl (C=O) groups excluding carboxylic acids is 2. The minimum absolute atomic E-state index is 0.0131. The van der Waals surface area contributed by atoms with Gasteiger partial charge in [-0.25, -0.2) is 0 Å². The number of nitrogens with zero attached hydrogens (tertiary/aromatic N) is 3. The smallest absolute Gasteiger partial charge is 0.306 e. The van der Waals surface area contributed by atoms with E-state index in [-0.39, 0.29) is 28.5 Å². The molecule has 0 N–H and O–H groups in total. The first kappa shape index (κ1) is 22.2. The predicted octanol–water partition coefficient (Wildman–Crippen LogP) is 3.42. The van der Waals surface area contributed by atoms with Gasteiger partial charge in [0, 0.05) is 13.6 Å². The highest BCUT2D eigenvalue weighted by atomic mass is 32.1. The van der Waals surface area contributed by atoms with Crippen molar-refractivity contribution >= 4 is 33.4 Å². The Hall–Kier alpha value is -1.99. The molecule has 168 valence electrons. The molecular weight excluding hydrogens is 410 g/mol. The molecule has 1 saturated carbocycles. The van der Waals surface area contributed by atoms with Crippen LogP contribution in [0.15, 0.2) is 23.0 Å². The van der Waals surface area contributed by atoms with Crippen molar-refractivity contribution in [1.29, 1.82) is 0 Å². The zero-order valence-electron chi connectivity index (χ0n) is 18.6. The Bertz CT molecular complexity index is 989. The number of imide groups is 1. The monoisotopic (exact) mass is 443 g/mol. The third kappa shape index (κ3) is 4.77. The van der Waals surface area contributed by atoms with Gasteiger partial charge in [0.1, 0.15) is 0 Å². The average Bonchev–Trinajstić information content (AvgIpc) is 3.40. The number of benzene rings is 1. The number of likely N-dealkylation sites (tertiary alicyclic amines) is 1. The van der Waals surface area contributed by atoms with E-state index >= 15 is 0 Å². The summed E-state index contributed by atoms with van der Waals surface area (Å²) < 4.78 is 2.78. The Morgan fingerprint density at radius 3 is 2.39 bits per heavy atom. The number of aryl methyl sites for hydroxylation is 2. The van der Waals surface area contributed by atoms with E-state index in [4.69, 9.17) is 0 Å². The zero-order chi connectivity index (χ0) is 22.0. The Kier molecular flexibility index (Phi) is 6.92. The van der Waals surface area contributed by atoms with Crippen LogP contribution in [0.1, 0.15) is 50.5 Å². The summed E-state index contributed by atoms with van der Waals surface area (Å²) in [4.78, 5) is 40.5. The van der Waals surface area contributed by atoms with Crippen LogP contribution >= 0.6 is 11.3 Å². The maximum absolute atomic E-state index is 12.4. The van der Waals surface area contributed by atoms with Gasteiger partial charge in [0.15, 0.2) is 0 Å². The zero-order valence-corrected chi connectivity index (χ0v) is 19.5. The van der Waals surface area contributed by atoms with Crippen LogP contribution in [0.3, 0.4) is 0 Å². The number of carbonyl (C=O) groups is 2. The highest BCUT2D eigenvalue weighted by molar-refractivity contribution is 7.16. The van der Waals surface area contributed by atoms with Crippen molar-refractivity contribution in [3.05, 3.63) is 33.4 Å². The lowest BCUT2D eigenvalue weighted by atomic mass is 10.00. The Labute approximate surface area is 187 Å². The molecule has 2 amide bonds. The van der Waals surface area contributed by atoms with Crippen LogP contribution in [0, 0.1) is 11.8 Å². The second-order valence-corrected chi connectivity index (χ2v) is 10.2. The summed E-state index contributed by atoms with van der Waals surface area (Å²) in [5.41, 5.74) is 2.31. The molecule has 6 nitrogen and oxygen atoms in total. The van der Waals surface area contributed by atoms with E-state index < -0.39 is 0 Å². The van der Waals surface area contributed by atoms with Gasteiger partial charge in [-0.2, -0.15) is 0 Å². The molecule has 7 heteroatoms. The van der Waals surface area contributed by atoms with Crippen molar-refractivity contribution < 1.29 is 9.59 Å². The fraction of sp³-hybridized carbons (Fsp3) is 0.625. The van der Waals surface area contributed by atoms with E-state index in [9.17, 15) is 14.4 Å². The van der Waals surface area contributed by atoms with Gasteiger partial charge in [-0.3, -0.25) is 19.3 Å². The fourth-order valence-electron chi connectivity index (χ4n) is 5.09. The second kappa shape index (κ2) is 9.65. The molecule has 1 aliphatic carbocycles. The van der Waals surface area contributed by atoms with Crippen LogP contribution < -0.4 is 4.87 Å². The van der Waals surface area contributed by atoms with Crippen molar-refractivity contribution in [3.8, 4) is 0 Å². The summed E-state index contributed by atoms with van der Waals surface area (Å²) in [5, 5.41) is 0. The van der Waals surface area contributed by atoms with Crippen molar-refractivity contribution in [2.24, 2.45) is 18.9 Å². The molecule has 1 aliphatic heterocycles. The highest BCUT2D eigenvalue weighted by Crippen LogP contribution is 2.39. The van der Waals surface area contributed by atoms with Crippen LogP contribution in [0.25, 0.3) is 10.2 Å². The van der Waals surface area contributed by atoms with Crippen molar-refractivity contribution in [3.63, 3.8) is 0 Å². The molecule has 2 atom stereocenters. The number of thiazole rings is 1. The van der Waals surface area contributed by atoms with E-state index in [0.717, 1.165) is 74.7 Å². The van der Waals surface area contributed by atoms with Crippen LogP contribution in [-0.2, 0) is 23.1 Å². The van der Waals surface area contributed by atoms with E-state index in [2.05, 4.69) is 30.1 Å². The van der Waals surface area contributed by atoms with Crippen molar-refractivity contribution in [2.75, 3.05) is 26.7 Å². The number of fused-ring (bicyclic) bond motifs is 2. The molecule has 1 aromatic heterocycles. The maximum atomic E-state index is 12.4. The van der Waals surface area contributed by atoms with E-state index in [0.29, 0.717) is 6.54 Å². The number of hydrogen-bond donors (Lipinski definition) is 0. The van der Waals surface area contributed by atoms with Gasteiger partial charge in [0.05, 0.1) is 22.1 Å². The maximum Gasteiger partial charge on any atom is 0.307 e. The van der Waals surface area contributed by atoms with Gasteiger partial charge in [-0.1, -0.05) is 23.8 Å². The summed E-state index contributed by atoms with van der Waals surface area (Å²) in [7, 11) is 3.96. The molecule has 1 saturated heterocycles. The second-order valence-electron chi connectivity index (χ2n) is 9.17. The summed E-state index contributed by atoms with van der Waals surface area (Å²) in [6.07, 6.45) is 7.99. The molecule has 4 rings (SSSR count). The minimum atomic E-state index is -0.0131. The van der Waals surface area contributed by atoms with Gasteiger partial charge < -0.3 is 9.47 Å². The molecule has 2 aromatic rings. The number of rotatable bonds is 10. The van der Waals surface area contributed by atoms with Gasteiger partial charge in [0.2, 0.25) is 11.8 Å². The van der Waals surface area contributed by atoms with Crippen LogP contribution in [0.5, 0.6) is 0 Å². The normalized spacial score (nSPS) is 21.1. The first-order chi connectivity index (χ1) is 15.0. The third-order valence-electron chi connectivity index (χ3n) is 6.97. The van der Waals surface area contributed by atoms with Gasteiger partial charge >= 0.3 is 4.87 Å². The molecule has 31 heavy (non-hydrogen) atoms. The van der Waals surface area contributed by atoms with Crippen molar-refractivity contribution in [1.82, 2.24) is 14.4 Å². The molecule has 2 aliphatic rings. The quantitative estimate of drug-likeness (QED) is 0.417. The lowest BCUT2D eigenvalue weighted by Crippen LogP contribution is -2.33. The first-order valence-electron chi connectivity index (χ1n) is 11.6. The SMILES string of the molecule is CN(CCCCc1ccc2c(c1)sc(=O)n2C)CCCCN1C(=O)C2CCCC2C1=O. The lowest BCUT2D eigenvalue weighted by molar-refractivity contribution is -0.140. The predicted molar refractivity (Wildman–Crippen MR) is 124 cm³/mol. The molecule has 0 spiro atoms. The third-order valence-corrected chi connectivity index (χ3v) is 7.96. The average molecular weight is 444 g/mol. The Morgan fingerprint density at radius 1 is 1.00 bits per heavy atom. The Morgan fingerprint density at radius 2 is 1.68 bits per heavy atom. The molecule has 0 bridgehead atoms. The first-order valence-corrected chi connectivity index (χ1v) is 12.4. The van der Waals surface area contributed by atoms with E-state index in [1.807, 2.05) is 7.05 Å². The highest BCUT2D eigenvalue weighted by Gasteiger charge is 2.49. The van der Waals surface area contributed by atoms with E-state index in [1.54, 1.807) is 4.57 Å². The number of hydrogen-bond acceptors (Lipinski definition) is 5. The number of amides is 2. The summed E-state index contributed by atoms with van der Waals surface area (Å²) >= 11 is 1.32. The number of aromatic nitrogens is 1. The molecular formula is C24H33N3O3S. The van der Waals surface area contributed by atoms with Gasteiger partial charge in [-0.05, 0) is 82.8 Å². The number of unbranched alkanes of at least 4 members (excludes halogenated alkanes) is 2. The van der Waals surface area contributed by atoms with Crippen LogP contribution in [-0.4, -0.2) is 52.9 Å². The fourth-order valence-corrected chi connectivity index (χ4v) is 6.03. The topological polar surface area (TPSA) is 62.6 Å².